The number of pyridine rings is 1. The monoisotopic (exact) mass is 390 g/mol. The number of hydrogen-bond donors (Lipinski definition) is 1. The van der Waals surface area contributed by atoms with Gasteiger partial charge in [0.05, 0.1) is 16.6 Å². The zero-order chi connectivity index (χ0) is 19.0. The van der Waals surface area contributed by atoms with Crippen molar-refractivity contribution < 1.29 is 18.0 Å². The highest BCUT2D eigenvalue weighted by Gasteiger charge is 2.26. The highest BCUT2D eigenvalue weighted by Crippen LogP contribution is 2.32. The first-order valence-corrected chi connectivity index (χ1v) is 9.19. The molecule has 140 valence electrons. The number of nitrogens with one attached hydrogen (secondary N) is 1. The van der Waals surface area contributed by atoms with E-state index in [2.05, 4.69) is 10.3 Å². The molecular weight excluding hydrogens is 374 g/mol. The highest BCUT2D eigenvalue weighted by molar-refractivity contribution is 6.34. The lowest BCUT2D eigenvalue weighted by atomic mass is 9.93. The molecule has 2 unspecified atom stereocenters. The number of benzene rings is 1. The molecule has 1 saturated carbocycles. The van der Waals surface area contributed by atoms with Crippen LogP contribution in [0, 0.1) is 5.82 Å². The molecule has 1 N–H and O–H groups in total. The summed E-state index contributed by atoms with van der Waals surface area (Å²) < 4.78 is 34.1. The van der Waals surface area contributed by atoms with Gasteiger partial charge in [0.1, 0.15) is 23.3 Å². The van der Waals surface area contributed by atoms with Crippen LogP contribution >= 0.6 is 11.6 Å². The van der Waals surface area contributed by atoms with Crippen molar-refractivity contribution >= 4 is 28.6 Å². The molecule has 0 spiro atoms. The van der Waals surface area contributed by atoms with Crippen molar-refractivity contribution in [1.29, 1.82) is 0 Å². The van der Waals surface area contributed by atoms with Gasteiger partial charge in [0.25, 0.3) is 5.91 Å². The van der Waals surface area contributed by atoms with Gasteiger partial charge in [-0.15, -0.1) is 0 Å². The SMILES string of the molecule is O=C(NC1CCCCC1F)c1ccc(-c2cc3nccc(Cl)c3o2)c(F)c1. The zero-order valence-corrected chi connectivity index (χ0v) is 15.1. The molecular formula is C20H17ClF2N2O2. The summed E-state index contributed by atoms with van der Waals surface area (Å²) in [5, 5.41) is 3.05. The van der Waals surface area contributed by atoms with E-state index in [4.69, 9.17) is 16.0 Å². The fourth-order valence-electron chi connectivity index (χ4n) is 3.40. The Morgan fingerprint density at radius 2 is 2.04 bits per heavy atom. The molecule has 7 heteroatoms. The predicted molar refractivity (Wildman–Crippen MR) is 99.0 cm³/mol. The number of aromatic nitrogens is 1. The molecule has 4 rings (SSSR count). The Hall–Kier alpha value is -2.47. The summed E-state index contributed by atoms with van der Waals surface area (Å²) in [7, 11) is 0. The summed E-state index contributed by atoms with van der Waals surface area (Å²) in [6.07, 6.45) is 3.23. The second-order valence-electron chi connectivity index (χ2n) is 6.69. The van der Waals surface area contributed by atoms with Gasteiger partial charge in [-0.1, -0.05) is 24.4 Å². The number of rotatable bonds is 3. The van der Waals surface area contributed by atoms with Gasteiger partial charge in [-0.2, -0.15) is 0 Å². The van der Waals surface area contributed by atoms with Crippen molar-refractivity contribution in [3.05, 3.63) is 52.9 Å². The Bertz CT molecular complexity index is 1000. The summed E-state index contributed by atoms with van der Waals surface area (Å²) in [5.41, 5.74) is 1.23. The van der Waals surface area contributed by atoms with E-state index < -0.39 is 23.9 Å². The second-order valence-corrected chi connectivity index (χ2v) is 7.10. The van der Waals surface area contributed by atoms with E-state index in [0.717, 1.165) is 18.9 Å². The molecule has 1 aromatic carbocycles. The summed E-state index contributed by atoms with van der Waals surface area (Å²) in [4.78, 5) is 16.5. The maximum atomic E-state index is 14.6. The minimum atomic E-state index is -1.06. The smallest absolute Gasteiger partial charge is 0.251 e. The molecule has 1 amide bonds. The van der Waals surface area contributed by atoms with Crippen LogP contribution in [0.5, 0.6) is 0 Å². The third kappa shape index (κ3) is 3.54. The molecule has 1 aliphatic carbocycles. The van der Waals surface area contributed by atoms with Gasteiger partial charge in [-0.3, -0.25) is 9.78 Å². The Morgan fingerprint density at radius 1 is 1.22 bits per heavy atom. The molecule has 1 fully saturated rings. The van der Waals surface area contributed by atoms with Crippen LogP contribution in [0.1, 0.15) is 36.0 Å². The van der Waals surface area contributed by atoms with Crippen molar-refractivity contribution in [1.82, 2.24) is 10.3 Å². The van der Waals surface area contributed by atoms with E-state index in [9.17, 15) is 13.6 Å². The van der Waals surface area contributed by atoms with E-state index >= 15 is 0 Å². The van der Waals surface area contributed by atoms with Crippen LogP contribution < -0.4 is 5.32 Å². The lowest BCUT2D eigenvalue weighted by Crippen LogP contribution is -2.43. The van der Waals surface area contributed by atoms with Crippen molar-refractivity contribution in [3.63, 3.8) is 0 Å². The number of alkyl halides is 1. The molecule has 2 atom stereocenters. The summed E-state index contributed by atoms with van der Waals surface area (Å²) >= 11 is 6.06. The molecule has 3 aromatic rings. The third-order valence-corrected chi connectivity index (χ3v) is 5.16. The topological polar surface area (TPSA) is 55.1 Å². The maximum Gasteiger partial charge on any atom is 0.251 e. The van der Waals surface area contributed by atoms with Crippen molar-refractivity contribution in [2.45, 2.75) is 37.9 Å². The van der Waals surface area contributed by atoms with E-state index in [0.29, 0.717) is 29.0 Å². The normalized spacial score (nSPS) is 20.0. The first-order valence-electron chi connectivity index (χ1n) is 8.82. The molecule has 1 aliphatic rings. The lowest BCUT2D eigenvalue weighted by molar-refractivity contribution is 0.0883. The number of furan rings is 1. The van der Waals surface area contributed by atoms with Crippen molar-refractivity contribution in [3.8, 4) is 11.3 Å². The standard InChI is InChI=1S/C20H17ClF2N2O2/c21-13-7-8-24-17-10-18(27-19(13)17)12-6-5-11(9-15(12)23)20(26)25-16-4-2-1-3-14(16)22/h5-10,14,16H,1-4H2,(H,25,26). The highest BCUT2D eigenvalue weighted by atomic mass is 35.5. The fourth-order valence-corrected chi connectivity index (χ4v) is 3.59. The lowest BCUT2D eigenvalue weighted by Gasteiger charge is -2.26. The van der Waals surface area contributed by atoms with Crippen LogP contribution in [0.25, 0.3) is 22.4 Å². The van der Waals surface area contributed by atoms with Crippen LogP contribution in [0.3, 0.4) is 0 Å². The third-order valence-electron chi connectivity index (χ3n) is 4.86. The number of fused-ring (bicyclic) bond motifs is 1. The molecule has 0 saturated heterocycles. The van der Waals surface area contributed by atoms with Crippen molar-refractivity contribution in [2.75, 3.05) is 0 Å². The van der Waals surface area contributed by atoms with E-state index in [1.807, 2.05) is 0 Å². The number of hydrogen-bond acceptors (Lipinski definition) is 3. The Labute approximate surface area is 159 Å². The van der Waals surface area contributed by atoms with Crippen LogP contribution in [0.4, 0.5) is 8.78 Å². The first-order chi connectivity index (χ1) is 13.0. The largest absolute Gasteiger partial charge is 0.453 e. The minimum absolute atomic E-state index is 0.140. The van der Waals surface area contributed by atoms with E-state index in [1.165, 1.54) is 18.3 Å². The van der Waals surface area contributed by atoms with Gasteiger partial charge in [0, 0.05) is 17.8 Å². The van der Waals surface area contributed by atoms with Gasteiger partial charge in [0.15, 0.2) is 5.58 Å². The average Bonchev–Trinajstić information content (AvgIpc) is 3.09. The molecule has 2 aromatic heterocycles. The van der Waals surface area contributed by atoms with Gasteiger partial charge in [-0.05, 0) is 37.1 Å². The molecule has 0 aliphatic heterocycles. The van der Waals surface area contributed by atoms with Crippen molar-refractivity contribution in [2.24, 2.45) is 0 Å². The number of carbonyl (C=O) groups excluding carboxylic acids is 1. The molecule has 0 radical (unpaired) electrons. The molecule has 0 bridgehead atoms. The number of carbonyl (C=O) groups is 1. The van der Waals surface area contributed by atoms with Gasteiger partial charge >= 0.3 is 0 Å². The van der Waals surface area contributed by atoms with Gasteiger partial charge in [0.2, 0.25) is 0 Å². The Balaban J connectivity index is 1.58. The van der Waals surface area contributed by atoms with E-state index in [-0.39, 0.29) is 16.9 Å². The number of amides is 1. The zero-order valence-electron chi connectivity index (χ0n) is 14.3. The minimum Gasteiger partial charge on any atom is -0.453 e. The molecule has 27 heavy (non-hydrogen) atoms. The van der Waals surface area contributed by atoms with Crippen LogP contribution in [0.2, 0.25) is 5.02 Å². The summed E-state index contributed by atoms with van der Waals surface area (Å²) in [6, 6.07) is 6.75. The van der Waals surface area contributed by atoms with Gasteiger partial charge < -0.3 is 9.73 Å². The summed E-state index contributed by atoms with van der Waals surface area (Å²) in [5.74, 6) is -0.825. The second kappa shape index (κ2) is 7.27. The number of nitrogens with zero attached hydrogens (tertiary/aromatic N) is 1. The quantitative estimate of drug-likeness (QED) is 0.660. The van der Waals surface area contributed by atoms with Crippen LogP contribution in [-0.2, 0) is 0 Å². The molecule has 2 heterocycles. The predicted octanol–water partition coefficient (Wildman–Crippen LogP) is 5.30. The Morgan fingerprint density at radius 3 is 2.78 bits per heavy atom. The maximum absolute atomic E-state index is 14.6. The average molecular weight is 391 g/mol. The van der Waals surface area contributed by atoms with E-state index in [1.54, 1.807) is 12.1 Å². The first kappa shape index (κ1) is 17.9. The Kier molecular flexibility index (Phi) is 4.83. The summed E-state index contributed by atoms with van der Waals surface area (Å²) in [6.45, 7) is 0. The molecule has 4 nitrogen and oxygen atoms in total. The van der Waals surface area contributed by atoms with Crippen LogP contribution in [-0.4, -0.2) is 23.1 Å². The van der Waals surface area contributed by atoms with Gasteiger partial charge in [-0.25, -0.2) is 8.78 Å². The number of halogens is 3. The van der Waals surface area contributed by atoms with Crippen LogP contribution in [0.15, 0.2) is 40.9 Å². The fraction of sp³-hybridized carbons (Fsp3) is 0.300.